The molecule has 0 spiro atoms. The van der Waals surface area contributed by atoms with Gasteiger partial charge in [0.2, 0.25) is 5.91 Å². The smallest absolute Gasteiger partial charge is 0.378 e. The van der Waals surface area contributed by atoms with E-state index in [2.05, 4.69) is 37.2 Å². The van der Waals surface area contributed by atoms with Gasteiger partial charge >= 0.3 is 17.8 Å². The van der Waals surface area contributed by atoms with Crippen LogP contribution in [-0.4, -0.2) is 41.3 Å². The topological polar surface area (TPSA) is 146 Å². The molecule has 3 aromatic heterocycles. The summed E-state index contributed by atoms with van der Waals surface area (Å²) in [7, 11) is 0. The van der Waals surface area contributed by atoms with Gasteiger partial charge in [-0.05, 0) is 68.5 Å². The van der Waals surface area contributed by atoms with Gasteiger partial charge in [-0.1, -0.05) is 24.0 Å². The van der Waals surface area contributed by atoms with Crippen LogP contribution in [0.2, 0.25) is 0 Å². The average molecular weight is 753 g/mol. The molecule has 0 saturated heterocycles. The van der Waals surface area contributed by atoms with E-state index >= 15 is 8.78 Å². The lowest BCUT2D eigenvalue weighted by Crippen LogP contribution is -2.35. The Balaban J connectivity index is 1.52. The second-order valence-corrected chi connectivity index (χ2v) is 13.1. The van der Waals surface area contributed by atoms with E-state index in [1.807, 2.05) is 0 Å². The van der Waals surface area contributed by atoms with Crippen LogP contribution in [0.25, 0.3) is 22.0 Å². The van der Waals surface area contributed by atoms with Crippen LogP contribution in [0.3, 0.4) is 0 Å². The fourth-order valence-corrected chi connectivity index (χ4v) is 6.30. The Labute approximate surface area is 300 Å². The normalized spacial score (nSPS) is 15.6. The molecule has 0 bridgehead atoms. The number of aromatic nitrogens is 5. The number of hydrogen-bond acceptors (Lipinski definition) is 6. The number of rotatable bonds is 7. The van der Waals surface area contributed by atoms with Gasteiger partial charge < -0.3 is 15.4 Å². The number of carbonyl (C=O) groups excluding carboxylic acids is 1. The van der Waals surface area contributed by atoms with Crippen LogP contribution >= 0.6 is 0 Å². The Hall–Kier alpha value is -6.20. The van der Waals surface area contributed by atoms with Gasteiger partial charge in [0.05, 0.1) is 28.6 Å². The lowest BCUT2D eigenvalue weighted by molar-refractivity contribution is -0.142. The highest BCUT2D eigenvalue weighted by molar-refractivity contribution is 5.93. The van der Waals surface area contributed by atoms with E-state index in [1.165, 1.54) is 44.2 Å². The van der Waals surface area contributed by atoms with Gasteiger partial charge in [-0.2, -0.15) is 27.1 Å². The SMILES string of the molecule is C#C[C@@H]1Cc2c(C(F)(F)F)nn(CC(=O)N[C@@H](Cc3cc(F)cc(F)c3)c3nc(C#CC(C)(C)O)ccc3-c3cccc4c(=O)[nH]c(=O)[nH]c34)c2C1(F)F. The molecule has 0 fully saturated rings. The fourth-order valence-electron chi connectivity index (χ4n) is 6.30. The average Bonchev–Trinajstić information content (AvgIpc) is 3.56. The van der Waals surface area contributed by atoms with Crippen LogP contribution in [0.4, 0.5) is 30.7 Å². The largest absolute Gasteiger partial charge is 0.435 e. The maximum atomic E-state index is 15.4. The standard InChI is InChI=1S/C37H27F7N6O4/c1-4-19-15-26-31(37(42,43)44)49-50(32(26)36(19,40)41)17-28(51)46-27(14-18-12-20(38)16-21(39)13-18)30-24(9-8-22(45-30)10-11-35(2,3)54)23-6-5-7-25-29(23)47-34(53)48-33(25)52/h1,5-9,12-13,16,19,27,54H,14-15,17H2,2-3H3,(H,46,51)(H2,47,48,52,53)/t19-,27+/m1/s1. The van der Waals surface area contributed by atoms with Crippen molar-refractivity contribution < 1.29 is 40.6 Å². The Morgan fingerprint density at radius 2 is 1.80 bits per heavy atom. The van der Waals surface area contributed by atoms with Crippen molar-refractivity contribution in [1.29, 1.82) is 0 Å². The van der Waals surface area contributed by atoms with E-state index in [0.717, 1.165) is 12.1 Å². The van der Waals surface area contributed by atoms with Gasteiger partial charge in [-0.15, -0.1) is 6.42 Å². The third-order valence-electron chi connectivity index (χ3n) is 8.49. The van der Waals surface area contributed by atoms with Gasteiger partial charge in [0.1, 0.15) is 35.2 Å². The molecule has 4 N–H and O–H groups in total. The molecule has 1 amide bonds. The number of aliphatic hydroxyl groups is 1. The summed E-state index contributed by atoms with van der Waals surface area (Å²) in [5.41, 5.74) is -6.53. The molecule has 54 heavy (non-hydrogen) atoms. The molecule has 1 aliphatic carbocycles. The molecular weight excluding hydrogens is 725 g/mol. The van der Waals surface area contributed by atoms with Crippen LogP contribution < -0.4 is 16.6 Å². The highest BCUT2D eigenvalue weighted by Gasteiger charge is 2.55. The molecule has 3 heterocycles. The number of H-pyrrole nitrogens is 2. The van der Waals surface area contributed by atoms with Crippen LogP contribution in [0.5, 0.6) is 0 Å². The zero-order valence-electron chi connectivity index (χ0n) is 28.1. The van der Waals surface area contributed by atoms with E-state index in [9.17, 15) is 41.4 Å². The third kappa shape index (κ3) is 7.49. The van der Waals surface area contributed by atoms with Crippen molar-refractivity contribution in [2.24, 2.45) is 5.92 Å². The summed E-state index contributed by atoms with van der Waals surface area (Å²) in [6.07, 6.45) is -1.24. The molecule has 0 aliphatic heterocycles. The molecule has 0 unspecified atom stereocenters. The van der Waals surface area contributed by atoms with Crippen LogP contribution in [-0.2, 0) is 36.3 Å². The molecule has 0 saturated carbocycles. The van der Waals surface area contributed by atoms with Crippen molar-refractivity contribution in [3.63, 3.8) is 0 Å². The van der Waals surface area contributed by atoms with Gasteiger partial charge in [0.25, 0.3) is 5.56 Å². The lowest BCUT2D eigenvalue weighted by Gasteiger charge is -2.23. The van der Waals surface area contributed by atoms with Crippen molar-refractivity contribution in [3.8, 4) is 35.3 Å². The van der Waals surface area contributed by atoms with Crippen molar-refractivity contribution in [2.75, 3.05) is 0 Å². The minimum Gasteiger partial charge on any atom is -0.378 e. The van der Waals surface area contributed by atoms with E-state index < -0.39 is 94.8 Å². The van der Waals surface area contributed by atoms with Gasteiger partial charge in [-0.3, -0.25) is 19.3 Å². The Morgan fingerprint density at radius 1 is 1.09 bits per heavy atom. The number of carbonyl (C=O) groups is 1. The molecule has 2 atom stereocenters. The van der Waals surface area contributed by atoms with Crippen molar-refractivity contribution >= 4 is 16.8 Å². The third-order valence-corrected chi connectivity index (χ3v) is 8.49. The maximum Gasteiger partial charge on any atom is 0.435 e. The van der Waals surface area contributed by atoms with Gasteiger partial charge in [0, 0.05) is 22.8 Å². The van der Waals surface area contributed by atoms with Gasteiger partial charge in [0.15, 0.2) is 5.69 Å². The van der Waals surface area contributed by atoms with E-state index in [4.69, 9.17) is 6.42 Å². The Bertz CT molecular complexity index is 2530. The second-order valence-electron chi connectivity index (χ2n) is 13.1. The van der Waals surface area contributed by atoms with Gasteiger partial charge in [-0.25, -0.2) is 18.6 Å². The fraction of sp³-hybridized carbons (Fsp3) is 0.270. The second kappa shape index (κ2) is 13.7. The van der Waals surface area contributed by atoms with Crippen LogP contribution in [0, 0.1) is 41.7 Å². The Kier molecular flexibility index (Phi) is 9.49. The predicted octanol–water partition coefficient (Wildman–Crippen LogP) is 4.89. The summed E-state index contributed by atoms with van der Waals surface area (Å²) in [6, 6.07) is 8.31. The molecule has 10 nitrogen and oxygen atoms in total. The number of fused-ring (bicyclic) bond motifs is 2. The number of alkyl halides is 5. The summed E-state index contributed by atoms with van der Waals surface area (Å²) in [4.78, 5) is 48.0. The first-order chi connectivity index (χ1) is 25.2. The monoisotopic (exact) mass is 752 g/mol. The number of pyridine rings is 1. The number of nitrogens with one attached hydrogen (secondary N) is 3. The minimum atomic E-state index is -5.17. The number of para-hydroxylation sites is 1. The van der Waals surface area contributed by atoms with E-state index in [1.54, 1.807) is 5.92 Å². The van der Waals surface area contributed by atoms with E-state index in [-0.39, 0.29) is 43.7 Å². The number of nitrogens with zero attached hydrogens (tertiary/aromatic N) is 3. The molecule has 5 aromatic rings. The first-order valence-corrected chi connectivity index (χ1v) is 16.0. The zero-order chi connectivity index (χ0) is 39.3. The summed E-state index contributed by atoms with van der Waals surface area (Å²) in [5.74, 6) is -2.01. The first-order valence-electron chi connectivity index (χ1n) is 16.0. The number of benzene rings is 2. The van der Waals surface area contributed by atoms with Crippen LogP contribution in [0.1, 0.15) is 53.8 Å². The van der Waals surface area contributed by atoms with Crippen molar-refractivity contribution in [2.45, 2.75) is 57.0 Å². The number of aromatic amines is 2. The maximum absolute atomic E-state index is 15.4. The number of terminal acetylenes is 1. The van der Waals surface area contributed by atoms with Crippen molar-refractivity contribution in [3.05, 3.63) is 115 Å². The molecule has 278 valence electrons. The predicted molar refractivity (Wildman–Crippen MR) is 180 cm³/mol. The highest BCUT2D eigenvalue weighted by atomic mass is 19.4. The molecule has 0 radical (unpaired) electrons. The highest BCUT2D eigenvalue weighted by Crippen LogP contribution is 2.49. The summed E-state index contributed by atoms with van der Waals surface area (Å²) in [6.45, 7) is 1.61. The first kappa shape index (κ1) is 37.6. The summed E-state index contributed by atoms with van der Waals surface area (Å²) < 4.78 is 102. The summed E-state index contributed by atoms with van der Waals surface area (Å²) >= 11 is 0. The lowest BCUT2D eigenvalue weighted by atomic mass is 9.93. The molecular formula is C37H27F7N6O4. The Morgan fingerprint density at radius 3 is 2.44 bits per heavy atom. The van der Waals surface area contributed by atoms with E-state index in [0.29, 0.717) is 6.07 Å². The summed E-state index contributed by atoms with van der Waals surface area (Å²) in [5, 5.41) is 16.1. The van der Waals surface area contributed by atoms with Crippen molar-refractivity contribution in [1.82, 2.24) is 30.0 Å². The number of halogens is 7. The molecule has 6 rings (SSSR count). The molecule has 1 aliphatic rings. The number of amides is 1. The molecule has 2 aromatic carbocycles. The molecule has 17 heteroatoms. The number of hydrogen-bond donors (Lipinski definition) is 4. The zero-order valence-corrected chi connectivity index (χ0v) is 28.1. The quantitative estimate of drug-likeness (QED) is 0.138. The minimum absolute atomic E-state index is 0.00630. The van der Waals surface area contributed by atoms with Crippen LogP contribution in [0.15, 0.2) is 58.1 Å².